The molecular formula is C22H18BrClFN7O2S3. The number of hydrogen-bond acceptors (Lipinski definition) is 9. The van der Waals surface area contributed by atoms with Gasteiger partial charge in [0.05, 0.1) is 22.9 Å². The third-order valence-corrected chi connectivity index (χ3v) is 8.26. The van der Waals surface area contributed by atoms with E-state index in [1.165, 1.54) is 35.2 Å². The molecule has 37 heavy (non-hydrogen) atoms. The van der Waals surface area contributed by atoms with Crippen molar-refractivity contribution >= 4 is 79.3 Å². The van der Waals surface area contributed by atoms with Crippen molar-refractivity contribution < 1.29 is 14.0 Å². The van der Waals surface area contributed by atoms with Crippen LogP contribution in [0.3, 0.4) is 0 Å². The number of rotatable bonds is 10. The van der Waals surface area contributed by atoms with E-state index in [0.29, 0.717) is 16.1 Å². The summed E-state index contributed by atoms with van der Waals surface area (Å²) in [6, 6.07) is 11.4. The smallest absolute Gasteiger partial charge is 0.256 e. The molecule has 0 unspecified atom stereocenters. The molecule has 2 amide bonds. The van der Waals surface area contributed by atoms with E-state index in [0.717, 1.165) is 26.3 Å². The minimum absolute atomic E-state index is 0.00460. The van der Waals surface area contributed by atoms with Crippen LogP contribution in [0.25, 0.3) is 5.69 Å². The second kappa shape index (κ2) is 12.8. The van der Waals surface area contributed by atoms with Crippen molar-refractivity contribution in [3.63, 3.8) is 0 Å². The highest BCUT2D eigenvalue weighted by atomic mass is 79.9. The number of amides is 2. The van der Waals surface area contributed by atoms with Crippen LogP contribution in [0.2, 0.25) is 5.02 Å². The molecule has 2 aromatic carbocycles. The van der Waals surface area contributed by atoms with Crippen LogP contribution in [0.15, 0.2) is 56.4 Å². The molecule has 0 aliphatic carbocycles. The van der Waals surface area contributed by atoms with Crippen molar-refractivity contribution in [3.05, 3.63) is 69.2 Å². The van der Waals surface area contributed by atoms with E-state index in [4.69, 9.17) is 11.6 Å². The van der Waals surface area contributed by atoms with Gasteiger partial charge < -0.3 is 5.32 Å². The normalized spacial score (nSPS) is 10.9. The largest absolute Gasteiger partial charge is 0.345 e. The number of aromatic nitrogens is 5. The number of thioether (sulfide) groups is 2. The Morgan fingerprint density at radius 3 is 2.62 bits per heavy atom. The fourth-order valence-electron chi connectivity index (χ4n) is 3.05. The molecule has 0 saturated heterocycles. The minimum atomic E-state index is -0.725. The number of nitrogens with zero attached hydrogens (tertiary/aromatic N) is 5. The maximum atomic E-state index is 14.2. The SMILES string of the molecule is CCSc1nnc(NC(=O)CSc2nnc(CNC(=O)c3c(F)cccc3Cl)n2-c2ccc(Br)cc2)s1. The molecule has 0 aliphatic heterocycles. The van der Waals surface area contributed by atoms with Gasteiger partial charge in [0.2, 0.25) is 11.0 Å². The first-order chi connectivity index (χ1) is 17.9. The lowest BCUT2D eigenvalue weighted by molar-refractivity contribution is -0.113. The van der Waals surface area contributed by atoms with E-state index in [1.54, 1.807) is 16.3 Å². The van der Waals surface area contributed by atoms with Gasteiger partial charge in [-0.3, -0.25) is 19.5 Å². The Balaban J connectivity index is 1.49. The van der Waals surface area contributed by atoms with Crippen LogP contribution in [0, 0.1) is 5.82 Å². The molecule has 15 heteroatoms. The van der Waals surface area contributed by atoms with Crippen molar-refractivity contribution in [1.82, 2.24) is 30.3 Å². The summed E-state index contributed by atoms with van der Waals surface area (Å²) in [5.74, 6) is -0.390. The molecule has 2 heterocycles. The quantitative estimate of drug-likeness (QED) is 0.174. The maximum absolute atomic E-state index is 14.2. The fourth-order valence-corrected chi connectivity index (χ4v) is 6.00. The summed E-state index contributed by atoms with van der Waals surface area (Å²) in [5.41, 5.74) is 0.469. The van der Waals surface area contributed by atoms with Gasteiger partial charge >= 0.3 is 0 Å². The van der Waals surface area contributed by atoms with Crippen molar-refractivity contribution in [1.29, 1.82) is 0 Å². The molecule has 0 fully saturated rings. The molecule has 0 aliphatic rings. The second-order valence-electron chi connectivity index (χ2n) is 7.13. The highest BCUT2D eigenvalue weighted by Crippen LogP contribution is 2.27. The van der Waals surface area contributed by atoms with Gasteiger partial charge in [-0.05, 0) is 42.2 Å². The van der Waals surface area contributed by atoms with Crippen molar-refractivity contribution in [2.24, 2.45) is 0 Å². The van der Waals surface area contributed by atoms with E-state index < -0.39 is 11.7 Å². The summed E-state index contributed by atoms with van der Waals surface area (Å²) in [6.45, 7) is 1.96. The van der Waals surface area contributed by atoms with Gasteiger partial charge in [0.25, 0.3) is 5.91 Å². The highest BCUT2D eigenvalue weighted by Gasteiger charge is 2.20. The summed E-state index contributed by atoms with van der Waals surface area (Å²) in [5, 5.41) is 22.6. The van der Waals surface area contributed by atoms with Crippen LogP contribution in [0.5, 0.6) is 0 Å². The van der Waals surface area contributed by atoms with Crippen molar-refractivity contribution in [2.75, 3.05) is 16.8 Å². The van der Waals surface area contributed by atoms with Crippen LogP contribution < -0.4 is 10.6 Å². The van der Waals surface area contributed by atoms with E-state index in [-0.39, 0.29) is 28.8 Å². The first-order valence-electron chi connectivity index (χ1n) is 10.7. The Morgan fingerprint density at radius 2 is 1.89 bits per heavy atom. The van der Waals surface area contributed by atoms with Gasteiger partial charge in [-0.1, -0.05) is 75.4 Å². The van der Waals surface area contributed by atoms with Crippen molar-refractivity contribution in [3.8, 4) is 5.69 Å². The maximum Gasteiger partial charge on any atom is 0.256 e. The topological polar surface area (TPSA) is 115 Å². The first-order valence-corrected chi connectivity index (χ1v) is 14.6. The number of carbonyl (C=O) groups is 2. The number of carbonyl (C=O) groups excluding carboxylic acids is 2. The molecule has 0 radical (unpaired) electrons. The lowest BCUT2D eigenvalue weighted by atomic mass is 10.2. The second-order valence-corrected chi connectivity index (χ2v) is 11.9. The molecule has 4 rings (SSSR count). The standard InChI is InChI=1S/C22H18BrClFN7O2S3/c1-2-35-22-31-29-20(37-22)27-17(33)11-36-21-30-28-16(32(21)13-8-6-12(23)7-9-13)10-26-19(34)18-14(24)4-3-5-15(18)25/h3-9H,2,10-11H2,1H3,(H,26,34)(H,27,29,33). The molecule has 0 spiro atoms. The first kappa shape index (κ1) is 27.5. The van der Waals surface area contributed by atoms with E-state index in [1.807, 2.05) is 31.2 Å². The minimum Gasteiger partial charge on any atom is -0.345 e. The Hall–Kier alpha value is -2.52. The van der Waals surface area contributed by atoms with Gasteiger partial charge in [0.15, 0.2) is 15.3 Å². The van der Waals surface area contributed by atoms with E-state index >= 15 is 0 Å². The number of anilines is 1. The predicted molar refractivity (Wildman–Crippen MR) is 147 cm³/mol. The van der Waals surface area contributed by atoms with Gasteiger partial charge in [0, 0.05) is 10.2 Å². The highest BCUT2D eigenvalue weighted by molar-refractivity contribution is 9.10. The van der Waals surface area contributed by atoms with E-state index in [9.17, 15) is 14.0 Å². The third kappa shape index (κ3) is 7.08. The lowest BCUT2D eigenvalue weighted by Crippen LogP contribution is -2.26. The van der Waals surface area contributed by atoms with Crippen molar-refractivity contribution in [2.45, 2.75) is 23.0 Å². The summed E-state index contributed by atoms with van der Waals surface area (Å²) in [4.78, 5) is 25.1. The molecular weight excluding hydrogens is 625 g/mol. The summed E-state index contributed by atoms with van der Waals surface area (Å²) in [6.07, 6.45) is 0. The summed E-state index contributed by atoms with van der Waals surface area (Å²) < 4.78 is 17.5. The Morgan fingerprint density at radius 1 is 1.11 bits per heavy atom. The molecule has 192 valence electrons. The van der Waals surface area contributed by atoms with Gasteiger partial charge in [-0.25, -0.2) is 4.39 Å². The fraction of sp³-hybridized carbons (Fsp3) is 0.182. The summed E-state index contributed by atoms with van der Waals surface area (Å²) >= 11 is 13.4. The van der Waals surface area contributed by atoms with Gasteiger partial charge in [-0.15, -0.1) is 20.4 Å². The number of benzene rings is 2. The van der Waals surface area contributed by atoms with Gasteiger partial charge in [-0.2, -0.15) is 0 Å². The Kier molecular flexibility index (Phi) is 9.54. The van der Waals surface area contributed by atoms with E-state index in [2.05, 4.69) is 47.0 Å². The van der Waals surface area contributed by atoms with Crippen LogP contribution in [-0.2, 0) is 11.3 Å². The zero-order valence-corrected chi connectivity index (χ0v) is 23.9. The lowest BCUT2D eigenvalue weighted by Gasteiger charge is -2.12. The average Bonchev–Trinajstić information content (AvgIpc) is 3.48. The molecule has 2 aromatic heterocycles. The van der Waals surface area contributed by atoms with Crippen LogP contribution in [0.1, 0.15) is 23.1 Å². The molecule has 4 aromatic rings. The average molecular weight is 643 g/mol. The zero-order chi connectivity index (χ0) is 26.4. The molecule has 0 saturated carbocycles. The number of nitrogens with one attached hydrogen (secondary N) is 2. The number of halogens is 3. The van der Waals surface area contributed by atoms with Crippen LogP contribution in [-0.4, -0.2) is 48.3 Å². The zero-order valence-electron chi connectivity index (χ0n) is 19.1. The molecule has 0 bridgehead atoms. The summed E-state index contributed by atoms with van der Waals surface area (Å²) in [7, 11) is 0. The Bertz CT molecular complexity index is 1400. The predicted octanol–water partition coefficient (Wildman–Crippen LogP) is 5.45. The van der Waals surface area contributed by atoms with Crippen LogP contribution in [0.4, 0.5) is 9.52 Å². The number of hydrogen-bond donors (Lipinski definition) is 2. The molecule has 0 atom stereocenters. The molecule has 9 nitrogen and oxygen atoms in total. The van der Waals surface area contributed by atoms with Gasteiger partial charge in [0.1, 0.15) is 5.82 Å². The monoisotopic (exact) mass is 641 g/mol. The molecule has 2 N–H and O–H groups in total. The third-order valence-electron chi connectivity index (χ3n) is 4.64. The Labute approximate surface area is 237 Å². The van der Waals surface area contributed by atoms with Crippen LogP contribution >= 0.6 is 62.4 Å².